The van der Waals surface area contributed by atoms with Crippen LogP contribution in [0.2, 0.25) is 0 Å². The van der Waals surface area contributed by atoms with Crippen LogP contribution in [-0.4, -0.2) is 33.5 Å². The number of rotatable bonds is 10. The zero-order valence-electron chi connectivity index (χ0n) is 11.8. The second-order valence-electron chi connectivity index (χ2n) is 4.45. The molecule has 1 rings (SSSR count). The lowest BCUT2D eigenvalue weighted by Gasteiger charge is -2.19. The minimum absolute atomic E-state index is 0.0938. The van der Waals surface area contributed by atoms with Gasteiger partial charge in [0.1, 0.15) is 5.82 Å². The van der Waals surface area contributed by atoms with Crippen LogP contribution in [0.3, 0.4) is 0 Å². The van der Waals surface area contributed by atoms with E-state index in [0.717, 1.165) is 19.4 Å². The van der Waals surface area contributed by atoms with E-state index in [1.54, 1.807) is 19.2 Å². The van der Waals surface area contributed by atoms with Crippen LogP contribution >= 0.6 is 0 Å². The van der Waals surface area contributed by atoms with Crippen LogP contribution in [0.25, 0.3) is 0 Å². The standard InChI is InChI=1S/C15H24FNO2/c1-3-9-17-15(12-19-11-6-10-18-2)13-7-4-5-8-14(13)16/h4-5,7-8,15,17H,3,6,9-12H2,1-2H3. The van der Waals surface area contributed by atoms with E-state index in [1.807, 2.05) is 6.07 Å². The maximum absolute atomic E-state index is 13.8. The summed E-state index contributed by atoms with van der Waals surface area (Å²) in [6.45, 7) is 4.73. The highest BCUT2D eigenvalue weighted by Crippen LogP contribution is 2.17. The van der Waals surface area contributed by atoms with Gasteiger partial charge in [0.15, 0.2) is 0 Å². The number of halogens is 1. The van der Waals surface area contributed by atoms with Crippen LogP contribution < -0.4 is 5.32 Å². The maximum atomic E-state index is 13.8. The molecule has 0 aliphatic heterocycles. The molecule has 0 radical (unpaired) electrons. The summed E-state index contributed by atoms with van der Waals surface area (Å²) >= 11 is 0. The van der Waals surface area contributed by atoms with Gasteiger partial charge in [-0.3, -0.25) is 0 Å². The van der Waals surface area contributed by atoms with Gasteiger partial charge < -0.3 is 14.8 Å². The summed E-state index contributed by atoms with van der Waals surface area (Å²) in [5.41, 5.74) is 0.669. The van der Waals surface area contributed by atoms with E-state index in [0.29, 0.717) is 25.4 Å². The van der Waals surface area contributed by atoms with Crippen molar-refractivity contribution in [3.05, 3.63) is 35.6 Å². The fraction of sp³-hybridized carbons (Fsp3) is 0.600. The van der Waals surface area contributed by atoms with Crippen LogP contribution in [0.4, 0.5) is 4.39 Å². The molecule has 19 heavy (non-hydrogen) atoms. The Morgan fingerprint density at radius 3 is 2.74 bits per heavy atom. The van der Waals surface area contributed by atoms with Gasteiger partial charge in [-0.2, -0.15) is 0 Å². The van der Waals surface area contributed by atoms with Crippen molar-refractivity contribution in [1.29, 1.82) is 0 Å². The minimum Gasteiger partial charge on any atom is -0.385 e. The highest BCUT2D eigenvalue weighted by atomic mass is 19.1. The van der Waals surface area contributed by atoms with E-state index in [1.165, 1.54) is 6.07 Å². The highest BCUT2D eigenvalue weighted by Gasteiger charge is 2.14. The average molecular weight is 269 g/mol. The molecule has 0 heterocycles. The molecule has 0 aromatic heterocycles. The molecule has 1 unspecified atom stereocenters. The monoisotopic (exact) mass is 269 g/mol. The largest absolute Gasteiger partial charge is 0.385 e. The predicted molar refractivity (Wildman–Crippen MR) is 74.7 cm³/mol. The molecular formula is C15H24FNO2. The normalized spacial score (nSPS) is 12.6. The van der Waals surface area contributed by atoms with E-state index >= 15 is 0 Å². The summed E-state index contributed by atoms with van der Waals surface area (Å²) in [5, 5.41) is 3.32. The number of hydrogen-bond acceptors (Lipinski definition) is 3. The minimum atomic E-state index is -0.184. The Balaban J connectivity index is 2.49. The summed E-state index contributed by atoms with van der Waals surface area (Å²) in [4.78, 5) is 0. The van der Waals surface area contributed by atoms with E-state index in [2.05, 4.69) is 12.2 Å². The molecule has 0 aliphatic rings. The molecule has 3 nitrogen and oxygen atoms in total. The molecule has 0 bridgehead atoms. The molecule has 0 fully saturated rings. The van der Waals surface area contributed by atoms with Crippen molar-refractivity contribution in [3.8, 4) is 0 Å². The van der Waals surface area contributed by atoms with Gasteiger partial charge >= 0.3 is 0 Å². The quantitative estimate of drug-likeness (QED) is 0.662. The van der Waals surface area contributed by atoms with E-state index in [-0.39, 0.29) is 11.9 Å². The van der Waals surface area contributed by atoms with Crippen LogP contribution in [0.15, 0.2) is 24.3 Å². The molecule has 0 aliphatic carbocycles. The van der Waals surface area contributed by atoms with Crippen molar-refractivity contribution in [2.45, 2.75) is 25.8 Å². The van der Waals surface area contributed by atoms with Gasteiger partial charge in [-0.05, 0) is 25.5 Å². The topological polar surface area (TPSA) is 30.5 Å². The van der Waals surface area contributed by atoms with E-state index in [9.17, 15) is 4.39 Å². The first-order valence-corrected chi connectivity index (χ1v) is 6.84. The van der Waals surface area contributed by atoms with Crippen molar-refractivity contribution >= 4 is 0 Å². The third-order valence-corrected chi connectivity index (χ3v) is 2.84. The van der Waals surface area contributed by atoms with Crippen LogP contribution in [0.5, 0.6) is 0 Å². The molecule has 0 spiro atoms. The first-order valence-electron chi connectivity index (χ1n) is 6.84. The van der Waals surface area contributed by atoms with Gasteiger partial charge in [0, 0.05) is 25.9 Å². The smallest absolute Gasteiger partial charge is 0.128 e. The lowest BCUT2D eigenvalue weighted by atomic mass is 10.1. The summed E-state index contributed by atoms with van der Waals surface area (Å²) in [6, 6.07) is 6.75. The Bertz CT molecular complexity index is 347. The fourth-order valence-electron chi connectivity index (χ4n) is 1.84. The van der Waals surface area contributed by atoms with Crippen LogP contribution in [-0.2, 0) is 9.47 Å². The summed E-state index contributed by atoms with van der Waals surface area (Å²) < 4.78 is 24.3. The van der Waals surface area contributed by atoms with Gasteiger partial charge in [0.25, 0.3) is 0 Å². The van der Waals surface area contributed by atoms with Crippen LogP contribution in [0.1, 0.15) is 31.4 Å². The Kier molecular flexibility index (Phi) is 8.38. The van der Waals surface area contributed by atoms with Gasteiger partial charge in [-0.1, -0.05) is 25.1 Å². The Hall–Kier alpha value is -0.970. The zero-order chi connectivity index (χ0) is 13.9. The Labute approximate surface area is 115 Å². The van der Waals surface area contributed by atoms with Gasteiger partial charge in [-0.15, -0.1) is 0 Å². The third-order valence-electron chi connectivity index (χ3n) is 2.84. The van der Waals surface area contributed by atoms with Crippen LogP contribution in [0, 0.1) is 5.82 Å². The second-order valence-corrected chi connectivity index (χ2v) is 4.45. The Morgan fingerprint density at radius 2 is 2.05 bits per heavy atom. The molecule has 0 saturated heterocycles. The first-order chi connectivity index (χ1) is 9.29. The van der Waals surface area contributed by atoms with Gasteiger partial charge in [0.05, 0.1) is 12.6 Å². The molecule has 108 valence electrons. The van der Waals surface area contributed by atoms with Crippen molar-refractivity contribution in [2.75, 3.05) is 33.5 Å². The van der Waals surface area contributed by atoms with Gasteiger partial charge in [0.2, 0.25) is 0 Å². The maximum Gasteiger partial charge on any atom is 0.128 e. The Morgan fingerprint density at radius 1 is 1.26 bits per heavy atom. The van der Waals surface area contributed by atoms with Crippen molar-refractivity contribution < 1.29 is 13.9 Å². The highest BCUT2D eigenvalue weighted by molar-refractivity contribution is 5.21. The molecule has 1 atom stereocenters. The number of hydrogen-bond donors (Lipinski definition) is 1. The predicted octanol–water partition coefficient (Wildman–Crippen LogP) is 2.92. The number of methoxy groups -OCH3 is 1. The second kappa shape index (κ2) is 9.89. The summed E-state index contributed by atoms with van der Waals surface area (Å²) in [7, 11) is 1.67. The van der Waals surface area contributed by atoms with E-state index in [4.69, 9.17) is 9.47 Å². The van der Waals surface area contributed by atoms with Crippen molar-refractivity contribution in [2.24, 2.45) is 0 Å². The zero-order valence-corrected chi connectivity index (χ0v) is 11.8. The summed E-state index contributed by atoms with van der Waals surface area (Å²) in [5.74, 6) is -0.184. The van der Waals surface area contributed by atoms with Crippen molar-refractivity contribution in [1.82, 2.24) is 5.32 Å². The van der Waals surface area contributed by atoms with E-state index < -0.39 is 0 Å². The lowest BCUT2D eigenvalue weighted by molar-refractivity contribution is 0.0868. The van der Waals surface area contributed by atoms with Crippen molar-refractivity contribution in [3.63, 3.8) is 0 Å². The summed E-state index contributed by atoms with van der Waals surface area (Å²) in [6.07, 6.45) is 1.86. The molecular weight excluding hydrogens is 245 g/mol. The molecule has 1 N–H and O–H groups in total. The average Bonchev–Trinajstić information content (AvgIpc) is 2.43. The first kappa shape index (κ1) is 16.1. The number of benzene rings is 1. The lowest BCUT2D eigenvalue weighted by Crippen LogP contribution is -2.27. The molecule has 1 aromatic carbocycles. The molecule has 4 heteroatoms. The fourth-order valence-corrected chi connectivity index (χ4v) is 1.84. The SMILES string of the molecule is CCCNC(COCCCOC)c1ccccc1F. The molecule has 1 aromatic rings. The number of nitrogens with one attached hydrogen (secondary N) is 1. The molecule has 0 saturated carbocycles. The number of ether oxygens (including phenoxy) is 2. The molecule has 0 amide bonds. The van der Waals surface area contributed by atoms with Gasteiger partial charge in [-0.25, -0.2) is 4.39 Å². The third kappa shape index (κ3) is 6.14.